The molecule has 178 valence electrons. The maximum absolute atomic E-state index is 13.1. The fraction of sp³-hybridized carbons (Fsp3) is 0.545. The molecule has 0 spiro atoms. The van der Waals surface area contributed by atoms with Gasteiger partial charge >= 0.3 is 18.0 Å². The first-order chi connectivity index (χ1) is 14.5. The van der Waals surface area contributed by atoms with Gasteiger partial charge in [0.25, 0.3) is 0 Å². The van der Waals surface area contributed by atoms with Gasteiger partial charge in [0, 0.05) is 0 Å². The maximum atomic E-state index is 13.1. The molecular formula is C22H32N2O8. The molecule has 1 rings (SSSR count). The highest BCUT2D eigenvalue weighted by molar-refractivity contribution is 5.93. The van der Waals surface area contributed by atoms with E-state index in [0.29, 0.717) is 0 Å². The average molecular weight is 453 g/mol. The number of aliphatic hydroxyl groups excluding tert-OH is 1. The van der Waals surface area contributed by atoms with E-state index in [1.165, 1.54) is 12.1 Å². The monoisotopic (exact) mass is 452 g/mol. The van der Waals surface area contributed by atoms with E-state index in [1.54, 1.807) is 59.7 Å². The van der Waals surface area contributed by atoms with E-state index in [-0.39, 0.29) is 5.56 Å². The van der Waals surface area contributed by atoms with Crippen LogP contribution in [0.5, 0.6) is 0 Å². The molecule has 2 amide bonds. The lowest BCUT2D eigenvalue weighted by molar-refractivity contribution is -0.151. The lowest BCUT2D eigenvalue weighted by Gasteiger charge is -2.34. The third-order valence-electron chi connectivity index (χ3n) is 4.51. The van der Waals surface area contributed by atoms with Gasteiger partial charge in [-0.3, -0.25) is 9.59 Å². The summed E-state index contributed by atoms with van der Waals surface area (Å²) in [7, 11) is 0. The molecule has 2 unspecified atom stereocenters. The Morgan fingerprint density at radius 1 is 0.844 bits per heavy atom. The number of hydrogen-bond acceptors (Lipinski definition) is 6. The van der Waals surface area contributed by atoms with Gasteiger partial charge in [-0.2, -0.15) is 0 Å². The van der Waals surface area contributed by atoms with Crippen LogP contribution in [0.2, 0.25) is 0 Å². The summed E-state index contributed by atoms with van der Waals surface area (Å²) < 4.78 is 5.14. The standard InChI is InChI=1S/C22H32N2O8/c1-21(2,3)13(18(27)28)14(24-20(31)32-22(4,5)6)17(26)23-15(19(29)30)16(25)12-10-8-7-9-11-12/h7-11,13-16,25H,1-6H3,(H,23,26)(H,24,31)(H,27,28)(H,29,30)/t13?,14-,15-,16?/m0/s1. The lowest BCUT2D eigenvalue weighted by atomic mass is 9.75. The predicted molar refractivity (Wildman–Crippen MR) is 115 cm³/mol. The molecule has 32 heavy (non-hydrogen) atoms. The van der Waals surface area contributed by atoms with Gasteiger partial charge in [0.05, 0.1) is 5.92 Å². The van der Waals surface area contributed by atoms with Crippen LogP contribution in [0.4, 0.5) is 4.79 Å². The van der Waals surface area contributed by atoms with Gasteiger partial charge in [-0.05, 0) is 31.7 Å². The number of carbonyl (C=O) groups is 4. The van der Waals surface area contributed by atoms with Crippen molar-refractivity contribution in [2.75, 3.05) is 0 Å². The molecular weight excluding hydrogens is 420 g/mol. The number of aliphatic carboxylic acids is 2. The van der Waals surface area contributed by atoms with E-state index < -0.39 is 59.1 Å². The van der Waals surface area contributed by atoms with E-state index in [1.807, 2.05) is 0 Å². The van der Waals surface area contributed by atoms with Crippen LogP contribution in [0.1, 0.15) is 53.2 Å². The second kappa shape index (κ2) is 10.4. The van der Waals surface area contributed by atoms with Crippen molar-refractivity contribution in [3.8, 4) is 0 Å². The molecule has 5 N–H and O–H groups in total. The van der Waals surface area contributed by atoms with Crippen molar-refractivity contribution >= 4 is 23.9 Å². The highest BCUT2D eigenvalue weighted by Gasteiger charge is 2.45. The molecule has 0 fully saturated rings. The third-order valence-corrected chi connectivity index (χ3v) is 4.51. The van der Waals surface area contributed by atoms with Crippen molar-refractivity contribution < 1.29 is 39.2 Å². The molecule has 0 saturated carbocycles. The van der Waals surface area contributed by atoms with Gasteiger partial charge in [-0.15, -0.1) is 0 Å². The number of alkyl carbamates (subject to hydrolysis) is 1. The van der Waals surface area contributed by atoms with Crippen LogP contribution in [0, 0.1) is 11.3 Å². The number of benzene rings is 1. The Balaban J connectivity index is 3.28. The number of ether oxygens (including phenoxy) is 1. The Morgan fingerprint density at radius 2 is 1.38 bits per heavy atom. The molecule has 0 heterocycles. The van der Waals surface area contributed by atoms with Gasteiger partial charge in [0.1, 0.15) is 17.7 Å². The summed E-state index contributed by atoms with van der Waals surface area (Å²) in [6, 6.07) is 4.36. The fourth-order valence-electron chi connectivity index (χ4n) is 3.11. The molecule has 1 aromatic rings. The van der Waals surface area contributed by atoms with Crippen molar-refractivity contribution in [2.45, 2.75) is 65.3 Å². The maximum Gasteiger partial charge on any atom is 0.408 e. The van der Waals surface area contributed by atoms with Crippen LogP contribution in [0.3, 0.4) is 0 Å². The summed E-state index contributed by atoms with van der Waals surface area (Å²) in [5.41, 5.74) is -1.68. The van der Waals surface area contributed by atoms with Crippen LogP contribution in [-0.4, -0.2) is 56.9 Å². The average Bonchev–Trinajstić information content (AvgIpc) is 2.62. The number of rotatable bonds is 8. The molecule has 0 aliphatic rings. The molecule has 0 aliphatic carbocycles. The summed E-state index contributed by atoms with van der Waals surface area (Å²) in [5.74, 6) is -5.42. The van der Waals surface area contributed by atoms with Crippen molar-refractivity contribution in [2.24, 2.45) is 11.3 Å². The Bertz CT molecular complexity index is 827. The number of carbonyl (C=O) groups excluding carboxylic acids is 2. The zero-order chi connectivity index (χ0) is 24.9. The number of aliphatic hydroxyl groups is 1. The molecule has 0 saturated heterocycles. The Morgan fingerprint density at radius 3 is 1.78 bits per heavy atom. The van der Waals surface area contributed by atoms with Gasteiger partial charge in [0.2, 0.25) is 5.91 Å². The van der Waals surface area contributed by atoms with Crippen molar-refractivity contribution in [3.63, 3.8) is 0 Å². The quantitative estimate of drug-likeness (QED) is 0.399. The predicted octanol–water partition coefficient (Wildman–Crippen LogP) is 1.93. The molecule has 0 bridgehead atoms. The second-order valence-corrected chi connectivity index (χ2v) is 9.49. The second-order valence-electron chi connectivity index (χ2n) is 9.49. The molecule has 0 aliphatic heterocycles. The normalized spacial score (nSPS) is 15.6. The van der Waals surface area contributed by atoms with Crippen LogP contribution < -0.4 is 10.6 Å². The molecule has 0 aromatic heterocycles. The molecule has 4 atom stereocenters. The third kappa shape index (κ3) is 7.84. The largest absolute Gasteiger partial charge is 0.481 e. The van der Waals surface area contributed by atoms with Crippen LogP contribution in [0.25, 0.3) is 0 Å². The first kappa shape index (κ1) is 26.9. The molecule has 1 aromatic carbocycles. The number of amides is 2. The first-order valence-corrected chi connectivity index (χ1v) is 10.0. The minimum atomic E-state index is -1.79. The molecule has 10 heteroatoms. The van der Waals surface area contributed by atoms with Gasteiger partial charge in [0.15, 0.2) is 6.04 Å². The van der Waals surface area contributed by atoms with Gasteiger partial charge in [-0.25, -0.2) is 9.59 Å². The SMILES string of the molecule is CC(C)(C)OC(=O)N[C@H](C(=O)N[C@H](C(=O)O)C(O)c1ccccc1)C(C(=O)O)C(C)(C)C. The first-order valence-electron chi connectivity index (χ1n) is 10.0. The fourth-order valence-corrected chi connectivity index (χ4v) is 3.11. The van der Waals surface area contributed by atoms with E-state index in [4.69, 9.17) is 4.74 Å². The van der Waals surface area contributed by atoms with Crippen molar-refractivity contribution in [1.82, 2.24) is 10.6 Å². The number of nitrogens with one attached hydrogen (secondary N) is 2. The van der Waals surface area contributed by atoms with Gasteiger partial charge < -0.3 is 30.7 Å². The summed E-state index contributed by atoms with van der Waals surface area (Å²) in [6.07, 6.45) is -2.65. The summed E-state index contributed by atoms with van der Waals surface area (Å²) in [4.78, 5) is 49.2. The molecule has 0 radical (unpaired) electrons. The zero-order valence-corrected chi connectivity index (χ0v) is 19.1. The smallest absolute Gasteiger partial charge is 0.408 e. The lowest BCUT2D eigenvalue weighted by Crippen LogP contribution is -2.59. The van der Waals surface area contributed by atoms with E-state index in [2.05, 4.69) is 10.6 Å². The Hall–Kier alpha value is -3.14. The zero-order valence-electron chi connectivity index (χ0n) is 19.1. The van der Waals surface area contributed by atoms with Crippen molar-refractivity contribution in [1.29, 1.82) is 0 Å². The van der Waals surface area contributed by atoms with Gasteiger partial charge in [-0.1, -0.05) is 51.1 Å². The van der Waals surface area contributed by atoms with Crippen LogP contribution in [-0.2, 0) is 19.1 Å². The Kier molecular flexibility index (Phi) is 8.78. The van der Waals surface area contributed by atoms with Crippen LogP contribution >= 0.6 is 0 Å². The summed E-state index contributed by atoms with van der Waals surface area (Å²) in [5, 5.41) is 34.3. The van der Waals surface area contributed by atoms with E-state index >= 15 is 0 Å². The minimum absolute atomic E-state index is 0.238. The minimum Gasteiger partial charge on any atom is -0.481 e. The van der Waals surface area contributed by atoms with Crippen molar-refractivity contribution in [3.05, 3.63) is 35.9 Å². The Labute approximate surface area is 187 Å². The summed E-state index contributed by atoms with van der Waals surface area (Å²) >= 11 is 0. The molecule has 10 nitrogen and oxygen atoms in total. The highest BCUT2D eigenvalue weighted by Crippen LogP contribution is 2.30. The number of hydrogen-bond donors (Lipinski definition) is 5. The topological polar surface area (TPSA) is 162 Å². The van der Waals surface area contributed by atoms with E-state index in [9.17, 15) is 34.5 Å². The summed E-state index contributed by atoms with van der Waals surface area (Å²) in [6.45, 7) is 9.48. The number of carboxylic acids is 2. The highest BCUT2D eigenvalue weighted by atomic mass is 16.6. The van der Waals surface area contributed by atoms with Crippen LogP contribution in [0.15, 0.2) is 30.3 Å². The van der Waals surface area contributed by atoms with E-state index in [0.717, 1.165) is 0 Å². The number of carboxylic acid groups (broad SMARTS) is 2.